The van der Waals surface area contributed by atoms with Crippen molar-refractivity contribution in [2.75, 3.05) is 18.4 Å². The fraction of sp³-hybridized carbons (Fsp3) is 0.556. The first-order valence-electron chi connectivity index (χ1n) is 4.66. The van der Waals surface area contributed by atoms with Crippen LogP contribution in [0.3, 0.4) is 0 Å². The number of amides is 1. The Morgan fingerprint density at radius 1 is 1.67 bits per heavy atom. The molecule has 2 rings (SSSR count). The van der Waals surface area contributed by atoms with Crippen molar-refractivity contribution in [3.63, 3.8) is 0 Å². The molecule has 1 aliphatic heterocycles. The molecular weight excluding hydrogens is 326 g/mol. The minimum absolute atomic E-state index is 0.0622. The minimum Gasteiger partial charge on any atom is -0.338 e. The van der Waals surface area contributed by atoms with Crippen LogP contribution in [0.1, 0.15) is 10.4 Å². The fourth-order valence-corrected chi connectivity index (χ4v) is 2.34. The smallest absolute Gasteiger partial charge is 0.258 e. The topological polar surface area (TPSA) is 38.1 Å². The van der Waals surface area contributed by atoms with Crippen LogP contribution in [0.4, 0.5) is 0 Å². The lowest BCUT2D eigenvalue weighted by atomic mass is 10.0. The molecule has 0 atom stereocenters. The van der Waals surface area contributed by atoms with Crippen LogP contribution >= 0.6 is 31.9 Å². The molecule has 82 valence electrons. The van der Waals surface area contributed by atoms with E-state index < -0.39 is 0 Å². The number of nitrogens with zero attached hydrogens (tertiary/aromatic N) is 3. The molecule has 6 heteroatoms. The van der Waals surface area contributed by atoms with Crippen molar-refractivity contribution in [2.45, 2.75) is 0 Å². The summed E-state index contributed by atoms with van der Waals surface area (Å²) in [7, 11) is 1.80. The summed E-state index contributed by atoms with van der Waals surface area (Å²) in [6.45, 7) is 1.68. The van der Waals surface area contributed by atoms with Crippen molar-refractivity contribution in [3.8, 4) is 0 Å². The van der Waals surface area contributed by atoms with E-state index >= 15 is 0 Å². The molecule has 0 aliphatic carbocycles. The third-order valence-electron chi connectivity index (χ3n) is 2.56. The van der Waals surface area contributed by atoms with Crippen LogP contribution in [0.2, 0.25) is 0 Å². The maximum atomic E-state index is 11.9. The monoisotopic (exact) mass is 335 g/mol. The van der Waals surface area contributed by atoms with Crippen LogP contribution in [-0.4, -0.2) is 39.0 Å². The van der Waals surface area contributed by atoms with Gasteiger partial charge in [-0.1, -0.05) is 15.9 Å². The van der Waals surface area contributed by atoms with Gasteiger partial charge in [0.1, 0.15) is 4.60 Å². The maximum Gasteiger partial charge on any atom is 0.258 e. The molecule has 1 amide bonds. The fourth-order valence-electron chi connectivity index (χ4n) is 1.57. The number of halogens is 2. The van der Waals surface area contributed by atoms with Gasteiger partial charge >= 0.3 is 0 Å². The number of aryl methyl sites for hydroxylation is 1. The molecule has 15 heavy (non-hydrogen) atoms. The van der Waals surface area contributed by atoms with Crippen molar-refractivity contribution in [3.05, 3.63) is 16.4 Å². The molecule has 0 saturated carbocycles. The van der Waals surface area contributed by atoms with Crippen LogP contribution in [0.15, 0.2) is 10.8 Å². The lowest BCUT2D eigenvalue weighted by molar-refractivity contribution is 0.0538. The molecule has 0 bridgehead atoms. The molecule has 1 saturated heterocycles. The first kappa shape index (κ1) is 11.1. The van der Waals surface area contributed by atoms with Gasteiger partial charge in [0.25, 0.3) is 5.91 Å². The van der Waals surface area contributed by atoms with Crippen LogP contribution < -0.4 is 0 Å². The van der Waals surface area contributed by atoms with E-state index in [1.807, 2.05) is 4.90 Å². The van der Waals surface area contributed by atoms with Gasteiger partial charge in [-0.05, 0) is 15.9 Å². The van der Waals surface area contributed by atoms with Gasteiger partial charge in [-0.2, -0.15) is 5.10 Å². The van der Waals surface area contributed by atoms with E-state index in [2.05, 4.69) is 37.0 Å². The molecule has 2 heterocycles. The average molecular weight is 337 g/mol. The van der Waals surface area contributed by atoms with Gasteiger partial charge in [0, 0.05) is 31.4 Å². The highest BCUT2D eigenvalue weighted by atomic mass is 79.9. The van der Waals surface area contributed by atoms with E-state index in [0.29, 0.717) is 11.5 Å². The van der Waals surface area contributed by atoms with Crippen molar-refractivity contribution in [2.24, 2.45) is 13.0 Å². The van der Waals surface area contributed by atoms with Crippen molar-refractivity contribution >= 4 is 37.8 Å². The Morgan fingerprint density at radius 2 is 2.33 bits per heavy atom. The number of aromatic nitrogens is 2. The van der Waals surface area contributed by atoms with Gasteiger partial charge in [0.2, 0.25) is 0 Å². The summed E-state index contributed by atoms with van der Waals surface area (Å²) in [5.74, 6) is 0.663. The largest absolute Gasteiger partial charge is 0.338 e. The van der Waals surface area contributed by atoms with Crippen LogP contribution in [-0.2, 0) is 7.05 Å². The molecule has 0 unspecified atom stereocenters. The van der Waals surface area contributed by atoms with Gasteiger partial charge in [0.05, 0.1) is 11.8 Å². The molecule has 1 aromatic rings. The zero-order valence-electron chi connectivity index (χ0n) is 8.28. The number of carbonyl (C=O) groups excluding carboxylic acids is 1. The molecule has 4 nitrogen and oxygen atoms in total. The van der Waals surface area contributed by atoms with Crippen LogP contribution in [0.25, 0.3) is 0 Å². The summed E-state index contributed by atoms with van der Waals surface area (Å²) in [5.41, 5.74) is 0.644. The van der Waals surface area contributed by atoms with Gasteiger partial charge < -0.3 is 4.90 Å². The second kappa shape index (κ2) is 4.25. The Balaban J connectivity index is 2.07. The highest BCUT2D eigenvalue weighted by Gasteiger charge is 2.31. The summed E-state index contributed by atoms with van der Waals surface area (Å²) >= 11 is 6.76. The number of likely N-dealkylation sites (tertiary alicyclic amines) is 1. The summed E-state index contributed by atoms with van der Waals surface area (Å²) < 4.78 is 2.39. The number of alkyl halides is 1. The summed E-state index contributed by atoms with van der Waals surface area (Å²) in [4.78, 5) is 13.8. The average Bonchev–Trinajstić information content (AvgIpc) is 2.46. The molecule has 1 aliphatic rings. The third-order valence-corrected chi connectivity index (χ3v) is 4.42. The van der Waals surface area contributed by atoms with Gasteiger partial charge in [0.15, 0.2) is 0 Å². The molecule has 1 fully saturated rings. The summed E-state index contributed by atoms with van der Waals surface area (Å²) in [6, 6.07) is 0. The lowest BCUT2D eigenvalue weighted by Crippen LogP contribution is -2.50. The SMILES string of the molecule is Cn1ncc(C(=O)N2CC(CBr)C2)c1Br. The Kier molecular flexibility index (Phi) is 3.16. The molecule has 0 aromatic carbocycles. The Bertz CT molecular complexity index is 385. The van der Waals surface area contributed by atoms with E-state index in [9.17, 15) is 4.79 Å². The van der Waals surface area contributed by atoms with E-state index in [0.717, 1.165) is 23.0 Å². The van der Waals surface area contributed by atoms with Crippen molar-refractivity contribution in [1.29, 1.82) is 0 Å². The second-order valence-electron chi connectivity index (χ2n) is 3.70. The predicted molar refractivity (Wildman–Crippen MR) is 64.1 cm³/mol. The number of hydrogen-bond acceptors (Lipinski definition) is 2. The Morgan fingerprint density at radius 3 is 2.80 bits per heavy atom. The second-order valence-corrected chi connectivity index (χ2v) is 5.10. The number of rotatable bonds is 2. The molecule has 0 radical (unpaired) electrons. The Labute approximate surface area is 105 Å². The zero-order valence-corrected chi connectivity index (χ0v) is 11.5. The normalized spacial score (nSPS) is 16.6. The van der Waals surface area contributed by atoms with Crippen molar-refractivity contribution < 1.29 is 4.79 Å². The number of hydrogen-bond donors (Lipinski definition) is 0. The molecular formula is C9H11Br2N3O. The van der Waals surface area contributed by atoms with E-state index in [4.69, 9.17) is 0 Å². The highest BCUT2D eigenvalue weighted by Crippen LogP contribution is 2.23. The predicted octanol–water partition coefficient (Wildman–Crippen LogP) is 1.65. The third kappa shape index (κ3) is 1.97. The quantitative estimate of drug-likeness (QED) is 0.770. The van der Waals surface area contributed by atoms with Gasteiger partial charge in [-0.3, -0.25) is 9.48 Å². The Hall–Kier alpha value is -0.360. The van der Waals surface area contributed by atoms with E-state index in [1.165, 1.54) is 0 Å². The van der Waals surface area contributed by atoms with E-state index in [1.54, 1.807) is 17.9 Å². The standard InChI is InChI=1S/C9H11Br2N3O/c1-13-8(11)7(3-12-13)9(15)14-4-6(2-10)5-14/h3,6H,2,4-5H2,1H3. The number of carbonyl (C=O) groups is 1. The van der Waals surface area contributed by atoms with E-state index in [-0.39, 0.29) is 5.91 Å². The first-order valence-corrected chi connectivity index (χ1v) is 6.57. The van der Waals surface area contributed by atoms with Gasteiger partial charge in [-0.15, -0.1) is 0 Å². The molecule has 0 spiro atoms. The summed E-state index contributed by atoms with van der Waals surface area (Å²) in [5, 5.41) is 4.99. The van der Waals surface area contributed by atoms with Crippen LogP contribution in [0, 0.1) is 5.92 Å². The highest BCUT2D eigenvalue weighted by molar-refractivity contribution is 9.10. The zero-order chi connectivity index (χ0) is 11.0. The lowest BCUT2D eigenvalue weighted by Gasteiger charge is -2.38. The van der Waals surface area contributed by atoms with Crippen molar-refractivity contribution in [1.82, 2.24) is 14.7 Å². The summed E-state index contributed by atoms with van der Waals surface area (Å²) in [6.07, 6.45) is 1.61. The molecule has 1 aromatic heterocycles. The minimum atomic E-state index is 0.0622. The van der Waals surface area contributed by atoms with Gasteiger partial charge in [-0.25, -0.2) is 0 Å². The first-order chi connectivity index (χ1) is 7.13. The molecule has 0 N–H and O–H groups in total. The maximum absolute atomic E-state index is 11.9. The van der Waals surface area contributed by atoms with Crippen LogP contribution in [0.5, 0.6) is 0 Å².